The molecule has 1 aromatic rings. The second-order valence-electron chi connectivity index (χ2n) is 3.22. The quantitative estimate of drug-likeness (QED) is 0.647. The summed E-state index contributed by atoms with van der Waals surface area (Å²) in [5, 5.41) is 0. The van der Waals surface area contributed by atoms with E-state index in [0.29, 0.717) is 0 Å². The Labute approximate surface area is 91.0 Å². The van der Waals surface area contributed by atoms with E-state index in [0.717, 1.165) is 37.6 Å². The third kappa shape index (κ3) is 4.70. The first-order chi connectivity index (χ1) is 7.36. The molecule has 0 spiro atoms. The lowest BCUT2D eigenvalue weighted by Crippen LogP contribution is -1.99. The van der Waals surface area contributed by atoms with Crippen molar-refractivity contribution in [2.75, 3.05) is 27.4 Å². The highest BCUT2D eigenvalue weighted by molar-refractivity contribution is 5.30. The molecule has 0 unspecified atom stereocenters. The minimum absolute atomic E-state index is 0.732. The number of rotatable bonds is 7. The molecule has 1 rings (SSSR count). The average Bonchev–Trinajstić information content (AvgIpc) is 2.30. The van der Waals surface area contributed by atoms with Crippen LogP contribution in [0.1, 0.15) is 12.8 Å². The molecule has 0 fully saturated rings. The Morgan fingerprint density at radius 3 is 2.07 bits per heavy atom. The fourth-order valence-electron chi connectivity index (χ4n) is 1.21. The van der Waals surface area contributed by atoms with Crippen molar-refractivity contribution >= 4 is 0 Å². The van der Waals surface area contributed by atoms with Crippen molar-refractivity contribution < 1.29 is 14.2 Å². The van der Waals surface area contributed by atoms with Gasteiger partial charge in [0.15, 0.2) is 0 Å². The third-order valence-corrected chi connectivity index (χ3v) is 2.07. The molecule has 0 aliphatic carbocycles. The first-order valence-electron chi connectivity index (χ1n) is 5.12. The van der Waals surface area contributed by atoms with E-state index >= 15 is 0 Å². The first-order valence-corrected chi connectivity index (χ1v) is 5.12. The lowest BCUT2D eigenvalue weighted by molar-refractivity contribution is 0.184. The summed E-state index contributed by atoms with van der Waals surface area (Å²) in [5.41, 5.74) is 0. The maximum Gasteiger partial charge on any atom is 0.119 e. The molecule has 84 valence electrons. The first kappa shape index (κ1) is 11.9. The molecule has 0 aliphatic heterocycles. The number of benzene rings is 1. The van der Waals surface area contributed by atoms with Crippen LogP contribution in [0.2, 0.25) is 0 Å². The van der Waals surface area contributed by atoms with Gasteiger partial charge in [0.1, 0.15) is 11.5 Å². The SMILES string of the molecule is COCCCCOc1ccc(OC)cc1. The molecule has 0 aliphatic rings. The molecule has 0 N–H and O–H groups in total. The number of hydrogen-bond acceptors (Lipinski definition) is 3. The molecule has 1 aromatic carbocycles. The molecule has 0 bridgehead atoms. The summed E-state index contributed by atoms with van der Waals surface area (Å²) >= 11 is 0. The fourth-order valence-corrected chi connectivity index (χ4v) is 1.21. The predicted octanol–water partition coefficient (Wildman–Crippen LogP) is 2.50. The normalized spacial score (nSPS) is 10.0. The van der Waals surface area contributed by atoms with Crippen molar-refractivity contribution in [2.24, 2.45) is 0 Å². The monoisotopic (exact) mass is 210 g/mol. The maximum absolute atomic E-state index is 5.54. The molecular formula is C12H18O3. The second kappa shape index (κ2) is 7.12. The van der Waals surface area contributed by atoms with Crippen molar-refractivity contribution in [3.8, 4) is 11.5 Å². The van der Waals surface area contributed by atoms with Gasteiger partial charge in [0.25, 0.3) is 0 Å². The molecule has 0 aromatic heterocycles. The molecule has 0 heterocycles. The van der Waals surface area contributed by atoms with Gasteiger partial charge in [-0.05, 0) is 37.1 Å². The molecule has 0 amide bonds. The van der Waals surface area contributed by atoms with Crippen LogP contribution in [0.25, 0.3) is 0 Å². The molecule has 15 heavy (non-hydrogen) atoms. The highest BCUT2D eigenvalue weighted by Crippen LogP contribution is 2.17. The minimum atomic E-state index is 0.732. The van der Waals surface area contributed by atoms with Gasteiger partial charge in [-0.3, -0.25) is 0 Å². The van der Waals surface area contributed by atoms with Gasteiger partial charge in [-0.2, -0.15) is 0 Å². The van der Waals surface area contributed by atoms with E-state index in [1.165, 1.54) is 0 Å². The Hall–Kier alpha value is -1.22. The highest BCUT2D eigenvalue weighted by atomic mass is 16.5. The summed E-state index contributed by atoms with van der Waals surface area (Å²) in [6.45, 7) is 1.53. The van der Waals surface area contributed by atoms with Gasteiger partial charge in [-0.15, -0.1) is 0 Å². The summed E-state index contributed by atoms with van der Waals surface area (Å²) in [7, 11) is 3.37. The van der Waals surface area contributed by atoms with Gasteiger partial charge in [0, 0.05) is 13.7 Å². The van der Waals surface area contributed by atoms with Crippen LogP contribution < -0.4 is 9.47 Å². The number of hydrogen-bond donors (Lipinski definition) is 0. The standard InChI is InChI=1S/C12H18O3/c1-13-9-3-4-10-15-12-7-5-11(14-2)6-8-12/h5-8H,3-4,9-10H2,1-2H3. The topological polar surface area (TPSA) is 27.7 Å². The average molecular weight is 210 g/mol. The van der Waals surface area contributed by atoms with Gasteiger partial charge in [0.2, 0.25) is 0 Å². The van der Waals surface area contributed by atoms with Crippen molar-refractivity contribution in [1.82, 2.24) is 0 Å². The van der Waals surface area contributed by atoms with Gasteiger partial charge < -0.3 is 14.2 Å². The summed E-state index contributed by atoms with van der Waals surface area (Å²) in [4.78, 5) is 0. The van der Waals surface area contributed by atoms with E-state index in [-0.39, 0.29) is 0 Å². The lowest BCUT2D eigenvalue weighted by atomic mass is 10.3. The second-order valence-corrected chi connectivity index (χ2v) is 3.22. The van der Waals surface area contributed by atoms with E-state index < -0.39 is 0 Å². The maximum atomic E-state index is 5.54. The van der Waals surface area contributed by atoms with Crippen LogP contribution in [-0.4, -0.2) is 27.4 Å². The minimum Gasteiger partial charge on any atom is -0.497 e. The van der Waals surface area contributed by atoms with Crippen LogP contribution >= 0.6 is 0 Å². The van der Waals surface area contributed by atoms with Gasteiger partial charge in [-0.25, -0.2) is 0 Å². The Morgan fingerprint density at radius 2 is 1.47 bits per heavy atom. The number of unbranched alkanes of at least 4 members (excludes halogenated alkanes) is 1. The van der Waals surface area contributed by atoms with Crippen LogP contribution in [0.3, 0.4) is 0 Å². The largest absolute Gasteiger partial charge is 0.497 e. The Morgan fingerprint density at radius 1 is 0.867 bits per heavy atom. The summed E-state index contributed by atoms with van der Waals surface area (Å²) < 4.78 is 15.5. The van der Waals surface area contributed by atoms with Crippen molar-refractivity contribution in [3.63, 3.8) is 0 Å². The van der Waals surface area contributed by atoms with Crippen molar-refractivity contribution in [1.29, 1.82) is 0 Å². The number of methoxy groups -OCH3 is 2. The van der Waals surface area contributed by atoms with Gasteiger partial charge in [0.05, 0.1) is 13.7 Å². The van der Waals surface area contributed by atoms with Crippen LogP contribution in [0.5, 0.6) is 11.5 Å². The molecule has 0 radical (unpaired) electrons. The Balaban J connectivity index is 2.20. The molecule has 3 nitrogen and oxygen atoms in total. The Kier molecular flexibility index (Phi) is 5.63. The summed E-state index contributed by atoms with van der Waals surface area (Å²) in [6, 6.07) is 7.61. The van der Waals surface area contributed by atoms with E-state index in [4.69, 9.17) is 14.2 Å². The van der Waals surface area contributed by atoms with Crippen molar-refractivity contribution in [2.45, 2.75) is 12.8 Å². The van der Waals surface area contributed by atoms with Gasteiger partial charge >= 0.3 is 0 Å². The highest BCUT2D eigenvalue weighted by Gasteiger charge is 1.94. The van der Waals surface area contributed by atoms with E-state index in [1.54, 1.807) is 14.2 Å². The zero-order valence-electron chi connectivity index (χ0n) is 9.36. The zero-order valence-corrected chi connectivity index (χ0v) is 9.36. The molecule has 0 atom stereocenters. The summed E-state index contributed by atoms with van der Waals surface area (Å²) in [5.74, 6) is 1.73. The molecule has 0 saturated heterocycles. The predicted molar refractivity (Wildman–Crippen MR) is 59.6 cm³/mol. The molecule has 0 saturated carbocycles. The van der Waals surface area contributed by atoms with E-state index in [9.17, 15) is 0 Å². The van der Waals surface area contributed by atoms with Gasteiger partial charge in [-0.1, -0.05) is 0 Å². The fraction of sp³-hybridized carbons (Fsp3) is 0.500. The van der Waals surface area contributed by atoms with E-state index in [1.807, 2.05) is 24.3 Å². The summed E-state index contributed by atoms with van der Waals surface area (Å²) in [6.07, 6.45) is 2.05. The van der Waals surface area contributed by atoms with E-state index in [2.05, 4.69) is 0 Å². The number of ether oxygens (including phenoxy) is 3. The molecular weight excluding hydrogens is 192 g/mol. The Bertz CT molecular complexity index is 256. The van der Waals surface area contributed by atoms with Crippen molar-refractivity contribution in [3.05, 3.63) is 24.3 Å². The zero-order chi connectivity index (χ0) is 10.9. The van der Waals surface area contributed by atoms with Crippen LogP contribution in [0.4, 0.5) is 0 Å². The van der Waals surface area contributed by atoms with Crippen LogP contribution in [-0.2, 0) is 4.74 Å². The smallest absolute Gasteiger partial charge is 0.119 e. The van der Waals surface area contributed by atoms with Crippen LogP contribution in [0, 0.1) is 0 Å². The van der Waals surface area contributed by atoms with Crippen LogP contribution in [0.15, 0.2) is 24.3 Å². The lowest BCUT2D eigenvalue weighted by Gasteiger charge is -2.06. The third-order valence-electron chi connectivity index (χ3n) is 2.07. The molecule has 3 heteroatoms.